The lowest BCUT2D eigenvalue weighted by atomic mass is 9.93. The first-order valence-electron chi connectivity index (χ1n) is 9.30. The smallest absolute Gasteiger partial charge is 0.257 e. The third-order valence-corrected chi connectivity index (χ3v) is 4.96. The van der Waals surface area contributed by atoms with Crippen LogP contribution >= 0.6 is 0 Å². The fraction of sp³-hybridized carbons (Fsp3) is 0.476. The third kappa shape index (κ3) is 4.10. The summed E-state index contributed by atoms with van der Waals surface area (Å²) < 4.78 is 0. The number of carbonyl (C=O) groups is 1. The average molecular weight is 352 g/mol. The van der Waals surface area contributed by atoms with E-state index in [9.17, 15) is 4.79 Å². The van der Waals surface area contributed by atoms with Gasteiger partial charge in [0.1, 0.15) is 5.82 Å². The van der Waals surface area contributed by atoms with Gasteiger partial charge in [0.2, 0.25) is 0 Å². The lowest BCUT2D eigenvalue weighted by Crippen LogP contribution is -2.39. The molecule has 3 rings (SSSR count). The Bertz CT molecular complexity index is 770. The van der Waals surface area contributed by atoms with E-state index in [2.05, 4.69) is 53.2 Å². The molecule has 1 saturated heterocycles. The van der Waals surface area contributed by atoms with Crippen LogP contribution in [-0.4, -0.2) is 46.3 Å². The van der Waals surface area contributed by atoms with Gasteiger partial charge in [-0.25, -0.2) is 9.97 Å². The van der Waals surface area contributed by atoms with Crippen molar-refractivity contribution in [2.45, 2.75) is 45.7 Å². The Kier molecular flexibility index (Phi) is 5.67. The summed E-state index contributed by atoms with van der Waals surface area (Å²) >= 11 is 0. The van der Waals surface area contributed by atoms with Gasteiger partial charge in [-0.3, -0.25) is 4.79 Å². The summed E-state index contributed by atoms with van der Waals surface area (Å²) in [6, 6.07) is 8.83. The van der Waals surface area contributed by atoms with Gasteiger partial charge in [0.25, 0.3) is 5.91 Å². The van der Waals surface area contributed by atoms with Crippen molar-refractivity contribution in [2.24, 2.45) is 0 Å². The van der Waals surface area contributed by atoms with Crippen LogP contribution in [0.25, 0.3) is 0 Å². The molecular weight excluding hydrogens is 324 g/mol. The number of likely N-dealkylation sites (tertiary alicyclic amines) is 1. The van der Waals surface area contributed by atoms with Crippen molar-refractivity contribution in [3.8, 4) is 0 Å². The predicted octanol–water partition coefficient (Wildman–Crippen LogP) is 3.52. The van der Waals surface area contributed by atoms with Crippen molar-refractivity contribution in [1.82, 2.24) is 19.8 Å². The molecule has 2 heterocycles. The van der Waals surface area contributed by atoms with Gasteiger partial charge < -0.3 is 9.80 Å². The summed E-state index contributed by atoms with van der Waals surface area (Å²) in [5.74, 6) is 0.746. The Labute approximate surface area is 156 Å². The summed E-state index contributed by atoms with van der Waals surface area (Å²) in [7, 11) is 4.14. The van der Waals surface area contributed by atoms with E-state index in [4.69, 9.17) is 0 Å². The number of amides is 1. The number of carbonyl (C=O) groups excluding carboxylic acids is 1. The first-order chi connectivity index (χ1) is 12.5. The van der Waals surface area contributed by atoms with Crippen LogP contribution in [0.5, 0.6) is 0 Å². The van der Waals surface area contributed by atoms with Crippen LogP contribution in [0.3, 0.4) is 0 Å². The SMILES string of the molecule is Cc1ncc(C(=O)N2CCCC[C@@H]2c2ccc(CN(C)C)cc2)c(C)n1. The number of rotatable bonds is 4. The van der Waals surface area contributed by atoms with Gasteiger partial charge in [0, 0.05) is 19.3 Å². The number of nitrogens with zero attached hydrogens (tertiary/aromatic N) is 4. The van der Waals surface area contributed by atoms with Crippen LogP contribution in [0.1, 0.15) is 58.3 Å². The predicted molar refractivity (Wildman–Crippen MR) is 103 cm³/mol. The highest BCUT2D eigenvalue weighted by Crippen LogP contribution is 2.32. The summed E-state index contributed by atoms with van der Waals surface area (Å²) in [4.78, 5) is 25.9. The van der Waals surface area contributed by atoms with Crippen molar-refractivity contribution in [3.63, 3.8) is 0 Å². The van der Waals surface area contributed by atoms with E-state index in [1.165, 1.54) is 11.1 Å². The third-order valence-electron chi connectivity index (χ3n) is 4.96. The zero-order valence-corrected chi connectivity index (χ0v) is 16.2. The molecule has 1 atom stereocenters. The molecule has 5 heteroatoms. The summed E-state index contributed by atoms with van der Waals surface area (Å²) in [6.45, 7) is 5.45. The van der Waals surface area contributed by atoms with E-state index in [1.807, 2.05) is 18.7 Å². The minimum Gasteiger partial charge on any atom is -0.332 e. The molecule has 26 heavy (non-hydrogen) atoms. The van der Waals surface area contributed by atoms with E-state index >= 15 is 0 Å². The minimum atomic E-state index is 0.0459. The van der Waals surface area contributed by atoms with Crippen LogP contribution in [0.2, 0.25) is 0 Å². The average Bonchev–Trinajstić information content (AvgIpc) is 2.61. The second kappa shape index (κ2) is 7.96. The highest BCUT2D eigenvalue weighted by Gasteiger charge is 2.29. The van der Waals surface area contributed by atoms with Gasteiger partial charge in [0.05, 0.1) is 17.3 Å². The van der Waals surface area contributed by atoms with Crippen molar-refractivity contribution < 1.29 is 4.79 Å². The number of benzene rings is 1. The number of hydrogen-bond acceptors (Lipinski definition) is 4. The Morgan fingerprint density at radius 3 is 2.58 bits per heavy atom. The zero-order valence-electron chi connectivity index (χ0n) is 16.2. The summed E-state index contributed by atoms with van der Waals surface area (Å²) in [6.07, 6.45) is 4.88. The second-order valence-electron chi connectivity index (χ2n) is 7.41. The molecule has 1 aromatic heterocycles. The van der Waals surface area contributed by atoms with E-state index in [0.717, 1.165) is 38.0 Å². The van der Waals surface area contributed by atoms with E-state index < -0.39 is 0 Å². The monoisotopic (exact) mass is 352 g/mol. The first kappa shape index (κ1) is 18.5. The number of piperidine rings is 1. The highest BCUT2D eigenvalue weighted by molar-refractivity contribution is 5.95. The van der Waals surface area contributed by atoms with Crippen LogP contribution in [0.4, 0.5) is 0 Å². The maximum absolute atomic E-state index is 13.2. The number of aromatic nitrogens is 2. The van der Waals surface area contributed by atoms with Gasteiger partial charge in [-0.1, -0.05) is 24.3 Å². The molecule has 0 aliphatic carbocycles. The van der Waals surface area contributed by atoms with Crippen molar-refractivity contribution >= 4 is 5.91 Å². The van der Waals surface area contributed by atoms with Gasteiger partial charge in [-0.15, -0.1) is 0 Å². The molecule has 1 aliphatic rings. The van der Waals surface area contributed by atoms with E-state index in [-0.39, 0.29) is 11.9 Å². The molecule has 0 bridgehead atoms. The first-order valence-corrected chi connectivity index (χ1v) is 9.30. The zero-order chi connectivity index (χ0) is 18.7. The molecule has 1 aliphatic heterocycles. The molecule has 0 spiro atoms. The van der Waals surface area contributed by atoms with Gasteiger partial charge >= 0.3 is 0 Å². The van der Waals surface area contributed by atoms with Crippen LogP contribution in [0.15, 0.2) is 30.5 Å². The molecule has 1 amide bonds. The maximum Gasteiger partial charge on any atom is 0.257 e. The fourth-order valence-electron chi connectivity index (χ4n) is 3.68. The molecule has 5 nitrogen and oxygen atoms in total. The quantitative estimate of drug-likeness (QED) is 0.845. The van der Waals surface area contributed by atoms with Crippen molar-refractivity contribution in [1.29, 1.82) is 0 Å². The molecule has 0 saturated carbocycles. The second-order valence-corrected chi connectivity index (χ2v) is 7.41. The number of aryl methyl sites for hydroxylation is 2. The molecule has 0 unspecified atom stereocenters. The largest absolute Gasteiger partial charge is 0.332 e. The highest BCUT2D eigenvalue weighted by atomic mass is 16.2. The standard InChI is InChI=1S/C21H28N4O/c1-15-19(13-22-16(2)23-15)21(26)25-12-6-5-7-20(25)18-10-8-17(9-11-18)14-24(3)4/h8-11,13,20H,5-7,12,14H2,1-4H3/t20-/m1/s1. The Morgan fingerprint density at radius 2 is 1.92 bits per heavy atom. The topological polar surface area (TPSA) is 49.3 Å². The summed E-state index contributed by atoms with van der Waals surface area (Å²) in [5.41, 5.74) is 3.88. The van der Waals surface area contributed by atoms with E-state index in [1.54, 1.807) is 6.20 Å². The van der Waals surface area contributed by atoms with Crippen LogP contribution < -0.4 is 0 Å². The van der Waals surface area contributed by atoms with Crippen LogP contribution in [0, 0.1) is 13.8 Å². The summed E-state index contributed by atoms with van der Waals surface area (Å²) in [5, 5.41) is 0. The molecule has 2 aromatic rings. The molecule has 0 N–H and O–H groups in total. The molecule has 1 aromatic carbocycles. The minimum absolute atomic E-state index is 0.0459. The lowest BCUT2D eigenvalue weighted by molar-refractivity contribution is 0.0609. The maximum atomic E-state index is 13.2. The lowest BCUT2D eigenvalue weighted by Gasteiger charge is -2.36. The Morgan fingerprint density at radius 1 is 1.19 bits per heavy atom. The fourth-order valence-corrected chi connectivity index (χ4v) is 3.68. The molecular formula is C21H28N4O. The van der Waals surface area contributed by atoms with Gasteiger partial charge in [-0.2, -0.15) is 0 Å². The molecule has 1 fully saturated rings. The molecule has 0 radical (unpaired) electrons. The Balaban J connectivity index is 1.84. The van der Waals surface area contributed by atoms with Crippen molar-refractivity contribution in [3.05, 3.63) is 58.7 Å². The Hall–Kier alpha value is -2.27. The van der Waals surface area contributed by atoms with Crippen LogP contribution in [-0.2, 0) is 6.54 Å². The van der Waals surface area contributed by atoms with Gasteiger partial charge in [0.15, 0.2) is 0 Å². The van der Waals surface area contributed by atoms with Gasteiger partial charge in [-0.05, 0) is 58.3 Å². The molecule has 138 valence electrons. The number of hydrogen-bond donors (Lipinski definition) is 0. The van der Waals surface area contributed by atoms with Crippen molar-refractivity contribution in [2.75, 3.05) is 20.6 Å². The normalized spacial score (nSPS) is 17.6. The van der Waals surface area contributed by atoms with E-state index in [0.29, 0.717) is 11.4 Å².